The second-order valence-corrected chi connectivity index (χ2v) is 7.46. The number of hydrogen-bond donors (Lipinski definition) is 0. The lowest BCUT2D eigenvalue weighted by molar-refractivity contribution is -0.137. The second kappa shape index (κ2) is 7.64. The van der Waals surface area contributed by atoms with Gasteiger partial charge in [0, 0.05) is 12.1 Å². The maximum absolute atomic E-state index is 13.1. The van der Waals surface area contributed by atoms with Gasteiger partial charge in [0.05, 0.1) is 17.6 Å². The zero-order chi connectivity index (χ0) is 19.7. The Morgan fingerprint density at radius 2 is 2.07 bits per heavy atom. The summed E-state index contributed by atoms with van der Waals surface area (Å²) < 4.78 is 7.48. The maximum Gasteiger partial charge on any atom is 0.229 e. The van der Waals surface area contributed by atoms with Crippen molar-refractivity contribution in [3.8, 4) is 11.4 Å². The number of carbonyl (C=O) groups excluding carboxylic acids is 1. The van der Waals surface area contributed by atoms with Gasteiger partial charge in [-0.25, -0.2) is 9.67 Å². The molecule has 144 valence electrons. The molecule has 2 atom stereocenters. The summed E-state index contributed by atoms with van der Waals surface area (Å²) >= 11 is 6.09. The first-order chi connectivity index (χ1) is 13.5. The number of carbonyl (C=O) groups is 1. The van der Waals surface area contributed by atoms with E-state index in [-0.39, 0.29) is 17.9 Å². The molecule has 0 spiro atoms. The fourth-order valence-corrected chi connectivity index (χ4v) is 3.67. The van der Waals surface area contributed by atoms with Crippen molar-refractivity contribution in [2.45, 2.75) is 19.4 Å². The van der Waals surface area contributed by atoms with E-state index in [0.717, 1.165) is 22.6 Å². The van der Waals surface area contributed by atoms with Gasteiger partial charge in [0.1, 0.15) is 25.0 Å². The molecule has 3 aromatic rings. The smallest absolute Gasteiger partial charge is 0.229 e. The van der Waals surface area contributed by atoms with Crippen LogP contribution in [0.2, 0.25) is 5.02 Å². The molecular formula is C21H21ClN4O2. The third-order valence-electron chi connectivity index (χ3n) is 5.27. The molecule has 0 saturated heterocycles. The van der Waals surface area contributed by atoms with Crippen LogP contribution in [-0.4, -0.2) is 39.2 Å². The lowest BCUT2D eigenvalue weighted by atomic mass is 9.94. The van der Waals surface area contributed by atoms with Gasteiger partial charge in [-0.3, -0.25) is 4.79 Å². The molecule has 7 heteroatoms. The predicted molar refractivity (Wildman–Crippen MR) is 107 cm³/mol. The van der Waals surface area contributed by atoms with Gasteiger partial charge in [0.15, 0.2) is 0 Å². The molecule has 2 heterocycles. The number of hydrogen-bond acceptors (Lipinski definition) is 4. The number of nitrogens with zero attached hydrogens (tertiary/aromatic N) is 4. The van der Waals surface area contributed by atoms with E-state index < -0.39 is 0 Å². The Hall–Kier alpha value is -2.86. The third kappa shape index (κ3) is 3.60. The van der Waals surface area contributed by atoms with Crippen molar-refractivity contribution in [1.29, 1.82) is 0 Å². The van der Waals surface area contributed by atoms with Crippen LogP contribution in [0.5, 0.6) is 5.75 Å². The molecule has 1 aliphatic rings. The monoisotopic (exact) mass is 396 g/mol. The Balaban J connectivity index is 1.46. The molecule has 4 rings (SSSR count). The maximum atomic E-state index is 13.1. The molecule has 28 heavy (non-hydrogen) atoms. The van der Waals surface area contributed by atoms with Crippen molar-refractivity contribution in [2.24, 2.45) is 5.92 Å². The first-order valence-corrected chi connectivity index (χ1v) is 9.53. The first-order valence-electron chi connectivity index (χ1n) is 9.16. The Morgan fingerprint density at radius 3 is 2.79 bits per heavy atom. The molecule has 0 bridgehead atoms. The minimum atomic E-state index is -0.215. The van der Waals surface area contributed by atoms with Crippen LogP contribution in [0, 0.1) is 5.92 Å². The minimum absolute atomic E-state index is 0.0574. The molecule has 0 aliphatic carbocycles. The summed E-state index contributed by atoms with van der Waals surface area (Å²) in [5.74, 6) is 0.666. The molecule has 0 N–H and O–H groups in total. The van der Waals surface area contributed by atoms with Gasteiger partial charge in [-0.15, -0.1) is 0 Å². The summed E-state index contributed by atoms with van der Waals surface area (Å²) in [6.07, 6.45) is 3.79. The van der Waals surface area contributed by atoms with Gasteiger partial charge in [0.25, 0.3) is 0 Å². The van der Waals surface area contributed by atoms with Crippen LogP contribution in [0.3, 0.4) is 0 Å². The summed E-state index contributed by atoms with van der Waals surface area (Å²) in [4.78, 5) is 18.8. The lowest BCUT2D eigenvalue weighted by Gasteiger charge is -2.32. The molecule has 0 radical (unpaired) electrons. The fourth-order valence-electron chi connectivity index (χ4n) is 3.47. The highest BCUT2D eigenvalue weighted by Gasteiger charge is 2.30. The molecule has 0 saturated carbocycles. The zero-order valence-corrected chi connectivity index (χ0v) is 16.5. The van der Waals surface area contributed by atoms with Gasteiger partial charge in [0.2, 0.25) is 5.91 Å². The molecule has 1 amide bonds. The number of aromatic nitrogens is 3. The van der Waals surface area contributed by atoms with Gasteiger partial charge in [-0.05, 0) is 54.8 Å². The van der Waals surface area contributed by atoms with E-state index in [1.165, 1.54) is 6.33 Å². The van der Waals surface area contributed by atoms with Crippen molar-refractivity contribution in [3.05, 3.63) is 71.3 Å². The highest BCUT2D eigenvalue weighted by molar-refractivity contribution is 6.30. The number of rotatable bonds is 4. The number of fused-ring (bicyclic) bond motifs is 1. The zero-order valence-electron chi connectivity index (χ0n) is 15.7. The average Bonchev–Trinajstić information content (AvgIpc) is 3.26. The molecule has 2 aromatic carbocycles. The van der Waals surface area contributed by atoms with Crippen LogP contribution in [0.25, 0.3) is 5.69 Å². The SMILES string of the molecule is C[C@@H](c1ccc(-n2cncn2)cc1)N(C)C(=O)[C@@H]1COc2ccc(Cl)cc2C1. The average molecular weight is 397 g/mol. The number of halogens is 1. The Kier molecular flexibility index (Phi) is 5.05. The topological polar surface area (TPSA) is 60.2 Å². The standard InChI is InChI=1S/C21H21ClN4O2/c1-14(15-3-6-19(7-4-15)26-13-23-12-24-26)25(2)21(27)17-9-16-10-18(22)5-8-20(16)28-11-17/h3-8,10,12-14,17H,9,11H2,1-2H3/t14-,17-/m0/s1. The molecule has 1 aliphatic heterocycles. The quantitative estimate of drug-likeness (QED) is 0.674. The van der Waals surface area contributed by atoms with E-state index in [0.29, 0.717) is 18.1 Å². The van der Waals surface area contributed by atoms with Gasteiger partial charge >= 0.3 is 0 Å². The lowest BCUT2D eigenvalue weighted by Crippen LogP contribution is -2.39. The van der Waals surface area contributed by atoms with Crippen molar-refractivity contribution in [1.82, 2.24) is 19.7 Å². The normalized spacial score (nSPS) is 16.8. The highest BCUT2D eigenvalue weighted by atomic mass is 35.5. The number of amides is 1. The Labute approximate surface area is 168 Å². The van der Waals surface area contributed by atoms with Crippen molar-refractivity contribution in [3.63, 3.8) is 0 Å². The van der Waals surface area contributed by atoms with Gasteiger partial charge < -0.3 is 9.64 Å². The van der Waals surface area contributed by atoms with Crippen LogP contribution >= 0.6 is 11.6 Å². The summed E-state index contributed by atoms with van der Waals surface area (Å²) in [6, 6.07) is 13.5. The Bertz CT molecular complexity index is 973. The highest BCUT2D eigenvalue weighted by Crippen LogP contribution is 2.31. The minimum Gasteiger partial charge on any atom is -0.492 e. The van der Waals surface area contributed by atoms with E-state index in [9.17, 15) is 4.79 Å². The summed E-state index contributed by atoms with van der Waals surface area (Å²) in [5.41, 5.74) is 2.96. The molecule has 1 aromatic heterocycles. The van der Waals surface area contributed by atoms with Crippen molar-refractivity contribution >= 4 is 17.5 Å². The third-order valence-corrected chi connectivity index (χ3v) is 5.50. The molecular weight excluding hydrogens is 376 g/mol. The number of ether oxygens (including phenoxy) is 1. The molecule has 0 fully saturated rings. The Morgan fingerprint density at radius 1 is 1.29 bits per heavy atom. The fraction of sp³-hybridized carbons (Fsp3) is 0.286. The van der Waals surface area contributed by atoms with E-state index in [2.05, 4.69) is 10.1 Å². The first kappa shape index (κ1) is 18.5. The molecule has 0 unspecified atom stereocenters. The van der Waals surface area contributed by atoms with Crippen LogP contribution in [-0.2, 0) is 11.2 Å². The summed E-state index contributed by atoms with van der Waals surface area (Å²) in [5, 5.41) is 4.78. The largest absolute Gasteiger partial charge is 0.492 e. The summed E-state index contributed by atoms with van der Waals surface area (Å²) in [7, 11) is 1.84. The number of benzene rings is 2. The van der Waals surface area contributed by atoms with Crippen LogP contribution in [0.4, 0.5) is 0 Å². The second-order valence-electron chi connectivity index (χ2n) is 7.02. The van der Waals surface area contributed by atoms with Crippen molar-refractivity contribution in [2.75, 3.05) is 13.7 Å². The summed E-state index contributed by atoms with van der Waals surface area (Å²) in [6.45, 7) is 2.41. The van der Waals surface area contributed by atoms with Crippen LogP contribution in [0.1, 0.15) is 24.1 Å². The van der Waals surface area contributed by atoms with E-state index in [1.807, 2.05) is 50.4 Å². The van der Waals surface area contributed by atoms with E-state index in [1.54, 1.807) is 22.0 Å². The van der Waals surface area contributed by atoms with E-state index >= 15 is 0 Å². The predicted octanol–water partition coefficient (Wildman–Crippen LogP) is 3.69. The van der Waals surface area contributed by atoms with Crippen molar-refractivity contribution < 1.29 is 9.53 Å². The van der Waals surface area contributed by atoms with Crippen LogP contribution in [0.15, 0.2) is 55.1 Å². The van der Waals surface area contributed by atoms with Gasteiger partial charge in [-0.2, -0.15) is 5.10 Å². The van der Waals surface area contributed by atoms with Gasteiger partial charge in [-0.1, -0.05) is 23.7 Å². The van der Waals surface area contributed by atoms with Crippen LogP contribution < -0.4 is 4.74 Å². The molecule has 6 nitrogen and oxygen atoms in total. The van der Waals surface area contributed by atoms with E-state index in [4.69, 9.17) is 16.3 Å².